The number of rotatable bonds is 6. The number of pyridine rings is 1. The van der Waals surface area contributed by atoms with Gasteiger partial charge in [-0.25, -0.2) is 9.78 Å². The molecule has 0 aliphatic carbocycles. The third-order valence-electron chi connectivity index (χ3n) is 5.05. The van der Waals surface area contributed by atoms with Gasteiger partial charge in [0.2, 0.25) is 5.88 Å². The highest BCUT2D eigenvalue weighted by Crippen LogP contribution is 2.40. The van der Waals surface area contributed by atoms with Crippen molar-refractivity contribution in [2.24, 2.45) is 0 Å². The zero-order valence-electron chi connectivity index (χ0n) is 18.5. The lowest BCUT2D eigenvalue weighted by molar-refractivity contribution is -0.329. The van der Waals surface area contributed by atoms with Gasteiger partial charge in [0.25, 0.3) is 5.91 Å². The van der Waals surface area contributed by atoms with Crippen LogP contribution in [0.15, 0.2) is 11.4 Å². The number of amides is 2. The maximum atomic E-state index is 13.6. The Morgan fingerprint density at radius 1 is 1.23 bits per heavy atom. The van der Waals surface area contributed by atoms with E-state index in [1.54, 1.807) is 0 Å². The summed E-state index contributed by atoms with van der Waals surface area (Å²) in [6, 6.07) is 0.773. The monoisotopic (exact) mass is 529 g/mol. The highest BCUT2D eigenvalue weighted by atomic mass is 32.1. The zero-order chi connectivity index (χ0) is 26.0. The van der Waals surface area contributed by atoms with E-state index < -0.39 is 48.9 Å². The van der Waals surface area contributed by atoms with Gasteiger partial charge in [-0.15, -0.1) is 24.5 Å². The van der Waals surface area contributed by atoms with Crippen LogP contribution < -0.4 is 10.1 Å². The Balaban J connectivity index is 1.65. The highest BCUT2D eigenvalue weighted by molar-refractivity contribution is 7.17. The smallest absolute Gasteiger partial charge is 0.474 e. The summed E-state index contributed by atoms with van der Waals surface area (Å²) in [5.41, 5.74) is -1.12. The fraction of sp³-hybridized carbons (Fsp3) is 0.550. The third-order valence-corrected chi connectivity index (χ3v) is 6.05. The van der Waals surface area contributed by atoms with Gasteiger partial charge in [0.1, 0.15) is 12.2 Å². The Hall–Kier alpha value is -2.81. The van der Waals surface area contributed by atoms with Crippen LogP contribution >= 0.6 is 11.3 Å². The number of piperidine rings is 1. The number of alkyl halides is 6. The Labute approximate surface area is 199 Å². The van der Waals surface area contributed by atoms with E-state index in [1.165, 1.54) is 24.3 Å². The molecule has 0 radical (unpaired) electrons. The molecule has 0 bridgehead atoms. The summed E-state index contributed by atoms with van der Waals surface area (Å²) in [7, 11) is 1.35. The Morgan fingerprint density at radius 3 is 2.46 bits per heavy atom. The number of likely N-dealkylation sites (tertiary alicyclic amines) is 1. The number of hydrogen-bond donors (Lipinski definition) is 1. The van der Waals surface area contributed by atoms with Crippen molar-refractivity contribution in [3.8, 4) is 5.88 Å². The average Bonchev–Trinajstić information content (AvgIpc) is 3.19. The molecule has 2 aromatic rings. The standard InChI is InChI=1S/C20H21F6N3O5S/c1-10(8-32-20(24,25)26)33-18(31)29-5-3-11(4-6-29)34-14-7-13(19(21,22)23)16-15(28-14)12(9-35-16)17(30)27-2/h7,9-11H,3-6,8H2,1-2H3,(H,27,30)/t10-/m0/s1. The lowest BCUT2D eigenvalue weighted by Gasteiger charge is -2.32. The molecular formula is C20H21F6N3O5S. The number of fused-ring (bicyclic) bond motifs is 1. The van der Waals surface area contributed by atoms with E-state index >= 15 is 0 Å². The van der Waals surface area contributed by atoms with Crippen LogP contribution in [0.25, 0.3) is 10.2 Å². The van der Waals surface area contributed by atoms with Gasteiger partial charge in [-0.2, -0.15) is 13.2 Å². The van der Waals surface area contributed by atoms with Crippen LogP contribution in [-0.4, -0.2) is 67.2 Å². The average molecular weight is 529 g/mol. The molecule has 8 nitrogen and oxygen atoms in total. The molecule has 0 unspecified atom stereocenters. The first kappa shape index (κ1) is 26.8. The van der Waals surface area contributed by atoms with Crippen molar-refractivity contribution in [1.29, 1.82) is 0 Å². The molecule has 1 saturated heterocycles. The first-order valence-corrected chi connectivity index (χ1v) is 11.2. The number of nitrogens with zero attached hydrogens (tertiary/aromatic N) is 2. The molecule has 0 spiro atoms. The van der Waals surface area contributed by atoms with Crippen LogP contribution in [0.1, 0.15) is 35.7 Å². The molecule has 2 amide bonds. The van der Waals surface area contributed by atoms with Crippen molar-refractivity contribution in [1.82, 2.24) is 15.2 Å². The zero-order valence-corrected chi connectivity index (χ0v) is 19.3. The van der Waals surface area contributed by atoms with Gasteiger partial charge in [0.05, 0.1) is 28.0 Å². The quantitative estimate of drug-likeness (QED) is 0.552. The minimum absolute atomic E-state index is 0.00960. The molecule has 194 valence electrons. The molecule has 2 aromatic heterocycles. The molecule has 0 aromatic carbocycles. The number of hydrogen-bond acceptors (Lipinski definition) is 7. The number of carbonyl (C=O) groups is 2. The Bertz CT molecular complexity index is 1070. The second kappa shape index (κ2) is 10.4. The lowest BCUT2D eigenvalue weighted by atomic mass is 10.1. The summed E-state index contributed by atoms with van der Waals surface area (Å²) in [4.78, 5) is 29.6. The molecule has 1 aliphatic rings. The summed E-state index contributed by atoms with van der Waals surface area (Å²) >= 11 is 0.751. The van der Waals surface area contributed by atoms with Crippen LogP contribution in [0.3, 0.4) is 0 Å². The second-order valence-corrected chi connectivity index (χ2v) is 8.55. The van der Waals surface area contributed by atoms with Gasteiger partial charge < -0.3 is 19.7 Å². The predicted octanol–water partition coefficient (Wildman–Crippen LogP) is 4.58. The molecule has 1 atom stereocenters. The fourth-order valence-corrected chi connectivity index (χ4v) is 4.39. The summed E-state index contributed by atoms with van der Waals surface area (Å²) in [5, 5.41) is 3.65. The molecular weight excluding hydrogens is 508 g/mol. The molecule has 1 aliphatic heterocycles. The minimum Gasteiger partial charge on any atom is -0.474 e. The number of thiophene rings is 1. The van der Waals surface area contributed by atoms with Crippen LogP contribution in [-0.2, 0) is 15.7 Å². The number of halogens is 6. The summed E-state index contributed by atoms with van der Waals surface area (Å²) in [6.07, 6.45) is -11.7. The van der Waals surface area contributed by atoms with Gasteiger partial charge in [-0.1, -0.05) is 0 Å². The predicted molar refractivity (Wildman–Crippen MR) is 111 cm³/mol. The van der Waals surface area contributed by atoms with Crippen molar-refractivity contribution >= 4 is 33.6 Å². The van der Waals surface area contributed by atoms with Crippen molar-refractivity contribution in [3.63, 3.8) is 0 Å². The molecule has 35 heavy (non-hydrogen) atoms. The SMILES string of the molecule is CNC(=O)c1csc2c(C(F)(F)F)cc(OC3CCN(C(=O)O[C@@H](C)COC(F)(F)F)CC3)nc12. The molecule has 3 rings (SSSR count). The van der Waals surface area contributed by atoms with Crippen LogP contribution in [0.2, 0.25) is 0 Å². The van der Waals surface area contributed by atoms with E-state index in [2.05, 4.69) is 15.0 Å². The van der Waals surface area contributed by atoms with E-state index in [9.17, 15) is 35.9 Å². The van der Waals surface area contributed by atoms with Crippen LogP contribution in [0, 0.1) is 0 Å². The van der Waals surface area contributed by atoms with E-state index in [1.807, 2.05) is 0 Å². The number of ether oxygens (including phenoxy) is 3. The number of carbonyl (C=O) groups excluding carboxylic acids is 2. The van der Waals surface area contributed by atoms with Gasteiger partial charge in [0.15, 0.2) is 0 Å². The number of aromatic nitrogens is 1. The van der Waals surface area contributed by atoms with Crippen molar-refractivity contribution in [2.45, 2.75) is 44.5 Å². The van der Waals surface area contributed by atoms with Gasteiger partial charge in [-0.3, -0.25) is 9.53 Å². The number of nitrogens with one attached hydrogen (secondary N) is 1. The minimum atomic E-state index is -4.84. The summed E-state index contributed by atoms with van der Waals surface area (Å²) < 4.78 is 91.2. The van der Waals surface area contributed by atoms with Crippen LogP contribution in [0.4, 0.5) is 31.1 Å². The second-order valence-electron chi connectivity index (χ2n) is 7.67. The molecule has 15 heteroatoms. The fourth-order valence-electron chi connectivity index (χ4n) is 3.37. The topological polar surface area (TPSA) is 90.0 Å². The molecule has 1 N–H and O–H groups in total. The third kappa shape index (κ3) is 6.87. The Morgan fingerprint density at radius 2 is 1.89 bits per heavy atom. The van der Waals surface area contributed by atoms with Gasteiger partial charge in [-0.05, 0) is 6.92 Å². The largest absolute Gasteiger partial charge is 0.522 e. The van der Waals surface area contributed by atoms with Crippen LogP contribution in [0.5, 0.6) is 5.88 Å². The normalized spacial score (nSPS) is 16.3. The first-order chi connectivity index (χ1) is 16.3. The molecule has 3 heterocycles. The van der Waals surface area contributed by atoms with Gasteiger partial charge >= 0.3 is 18.6 Å². The van der Waals surface area contributed by atoms with E-state index in [-0.39, 0.29) is 47.6 Å². The van der Waals surface area contributed by atoms with E-state index in [0.29, 0.717) is 0 Å². The van der Waals surface area contributed by atoms with Crippen molar-refractivity contribution < 1.29 is 50.1 Å². The highest BCUT2D eigenvalue weighted by Gasteiger charge is 2.36. The molecule has 1 fully saturated rings. The lowest BCUT2D eigenvalue weighted by Crippen LogP contribution is -2.43. The Kier molecular flexibility index (Phi) is 7.99. The van der Waals surface area contributed by atoms with Gasteiger partial charge in [0, 0.05) is 44.4 Å². The maximum Gasteiger partial charge on any atom is 0.522 e. The van der Waals surface area contributed by atoms with E-state index in [4.69, 9.17) is 9.47 Å². The summed E-state index contributed by atoms with van der Waals surface area (Å²) in [5.74, 6) is -0.900. The maximum absolute atomic E-state index is 13.6. The van der Waals surface area contributed by atoms with Crippen molar-refractivity contribution in [3.05, 3.63) is 22.6 Å². The first-order valence-electron chi connectivity index (χ1n) is 10.3. The molecule has 0 saturated carbocycles. The van der Waals surface area contributed by atoms with Crippen molar-refractivity contribution in [2.75, 3.05) is 26.7 Å². The summed E-state index contributed by atoms with van der Waals surface area (Å²) in [6.45, 7) is 0.599. The van der Waals surface area contributed by atoms with E-state index in [0.717, 1.165) is 17.4 Å².